The Morgan fingerprint density at radius 3 is 2.46 bits per heavy atom. The average Bonchev–Trinajstić information content (AvgIpc) is 2.99. The molecule has 0 N–H and O–H groups in total. The summed E-state index contributed by atoms with van der Waals surface area (Å²) >= 11 is 0. The van der Waals surface area contributed by atoms with E-state index >= 15 is 0 Å². The van der Waals surface area contributed by atoms with Crippen LogP contribution in [0.1, 0.15) is 91.9 Å². The smallest absolute Gasteiger partial charge is 0.302 e. The second-order valence-corrected chi connectivity index (χ2v) is 11.3. The second kappa shape index (κ2) is 7.43. The number of fused-ring (bicyclic) bond motifs is 5. The van der Waals surface area contributed by atoms with Crippen LogP contribution in [0.2, 0.25) is 0 Å². The molecule has 4 aliphatic rings. The molecular formula is C25H40O3. The zero-order valence-electron chi connectivity index (χ0n) is 18.4. The molecule has 4 fully saturated rings. The van der Waals surface area contributed by atoms with E-state index in [1.807, 2.05) is 0 Å². The van der Waals surface area contributed by atoms with Crippen molar-refractivity contribution in [3.8, 4) is 0 Å². The molecule has 0 saturated heterocycles. The highest BCUT2D eigenvalue weighted by molar-refractivity contribution is 5.66. The molecule has 0 aromatic heterocycles. The summed E-state index contributed by atoms with van der Waals surface area (Å²) in [5.74, 6) is 4.46. The number of carbonyl (C=O) groups is 2. The highest BCUT2D eigenvalue weighted by Crippen LogP contribution is 2.68. The van der Waals surface area contributed by atoms with Crippen LogP contribution in [0.25, 0.3) is 0 Å². The van der Waals surface area contributed by atoms with Gasteiger partial charge in [-0.2, -0.15) is 0 Å². The van der Waals surface area contributed by atoms with Gasteiger partial charge in [-0.25, -0.2) is 0 Å². The highest BCUT2D eigenvalue weighted by Gasteiger charge is 2.60. The monoisotopic (exact) mass is 388 g/mol. The molecule has 4 aliphatic carbocycles. The van der Waals surface area contributed by atoms with Gasteiger partial charge in [0, 0.05) is 13.3 Å². The topological polar surface area (TPSA) is 43.4 Å². The minimum absolute atomic E-state index is 0.114. The van der Waals surface area contributed by atoms with Crippen LogP contribution in [0, 0.1) is 46.3 Å². The molecule has 0 aromatic carbocycles. The number of hydrogen-bond acceptors (Lipinski definition) is 3. The van der Waals surface area contributed by atoms with Gasteiger partial charge in [0.05, 0.1) is 0 Å². The Labute approximate surface area is 171 Å². The Morgan fingerprint density at radius 2 is 1.75 bits per heavy atom. The van der Waals surface area contributed by atoms with Gasteiger partial charge < -0.3 is 9.53 Å². The number of aldehydes is 1. The fourth-order valence-electron chi connectivity index (χ4n) is 8.85. The first-order valence-corrected chi connectivity index (χ1v) is 11.9. The third-order valence-electron chi connectivity index (χ3n) is 10.2. The minimum Gasteiger partial charge on any atom is -0.463 e. The van der Waals surface area contributed by atoms with Gasteiger partial charge in [-0.3, -0.25) is 4.79 Å². The molecule has 3 nitrogen and oxygen atoms in total. The van der Waals surface area contributed by atoms with E-state index in [4.69, 9.17) is 4.74 Å². The lowest BCUT2D eigenvalue weighted by atomic mass is 9.44. The van der Waals surface area contributed by atoms with Crippen molar-refractivity contribution in [1.82, 2.24) is 0 Å². The van der Waals surface area contributed by atoms with Crippen molar-refractivity contribution in [2.24, 2.45) is 46.3 Å². The molecule has 0 heterocycles. The van der Waals surface area contributed by atoms with E-state index in [1.54, 1.807) is 6.92 Å². The zero-order chi connectivity index (χ0) is 20.1. The SMILES string of the molecule is CC(=O)O[C@@H]1CC[C@@]2(C)C(CC[C@H]3[C@@H]4CC[C@H]([C@H](C)CC=O)[C@@]4(C)CC[C@@H]32)C1. The van der Waals surface area contributed by atoms with Gasteiger partial charge in [0.15, 0.2) is 0 Å². The standard InChI is InChI=1S/C25H40O3/c1-16(11-14-26)21-7-8-22-20-6-5-18-15-19(28-17(2)27)9-12-24(18,3)23(20)10-13-25(21,22)4/h14,16,18-23H,5-13,15H2,1-4H3/t16-,18?,19-,20+,21-,22+,23+,24+,25-/m1/s1. The summed E-state index contributed by atoms with van der Waals surface area (Å²) in [4.78, 5) is 22.6. The summed E-state index contributed by atoms with van der Waals surface area (Å²) in [6.07, 6.45) is 13.5. The highest BCUT2D eigenvalue weighted by atomic mass is 16.5. The van der Waals surface area contributed by atoms with Crippen molar-refractivity contribution >= 4 is 12.3 Å². The Bertz CT molecular complexity index is 615. The normalized spacial score (nSPS) is 48.7. The van der Waals surface area contributed by atoms with Gasteiger partial charge in [-0.1, -0.05) is 20.8 Å². The van der Waals surface area contributed by atoms with E-state index in [2.05, 4.69) is 20.8 Å². The lowest BCUT2D eigenvalue weighted by Gasteiger charge is -2.61. The number of hydrogen-bond donors (Lipinski definition) is 0. The molecule has 0 aromatic rings. The van der Waals surface area contributed by atoms with Crippen molar-refractivity contribution in [3.63, 3.8) is 0 Å². The fourth-order valence-corrected chi connectivity index (χ4v) is 8.85. The summed E-state index contributed by atoms with van der Waals surface area (Å²) in [6, 6.07) is 0. The van der Waals surface area contributed by atoms with Crippen molar-refractivity contribution in [2.45, 2.75) is 98.0 Å². The van der Waals surface area contributed by atoms with Gasteiger partial charge in [0.25, 0.3) is 0 Å². The van der Waals surface area contributed by atoms with Crippen LogP contribution < -0.4 is 0 Å². The van der Waals surface area contributed by atoms with Crippen LogP contribution in [-0.4, -0.2) is 18.4 Å². The molecule has 28 heavy (non-hydrogen) atoms. The van der Waals surface area contributed by atoms with Gasteiger partial charge in [0.1, 0.15) is 12.4 Å². The minimum atomic E-state index is -0.114. The first kappa shape index (κ1) is 20.4. The third-order valence-corrected chi connectivity index (χ3v) is 10.2. The van der Waals surface area contributed by atoms with Crippen LogP contribution in [0.5, 0.6) is 0 Å². The maximum absolute atomic E-state index is 11.4. The summed E-state index contributed by atoms with van der Waals surface area (Å²) in [5, 5.41) is 0. The van der Waals surface area contributed by atoms with Crippen LogP contribution in [0.4, 0.5) is 0 Å². The molecular weight excluding hydrogens is 348 g/mol. The van der Waals surface area contributed by atoms with Crippen LogP contribution in [-0.2, 0) is 14.3 Å². The summed E-state index contributed by atoms with van der Waals surface area (Å²) in [7, 11) is 0. The van der Waals surface area contributed by atoms with E-state index in [0.717, 1.165) is 55.1 Å². The molecule has 4 saturated carbocycles. The van der Waals surface area contributed by atoms with E-state index < -0.39 is 0 Å². The predicted octanol–water partition coefficient (Wildman–Crippen LogP) is 5.80. The number of carbonyl (C=O) groups excluding carboxylic acids is 2. The Kier molecular flexibility index (Phi) is 5.42. The van der Waals surface area contributed by atoms with E-state index in [-0.39, 0.29) is 12.1 Å². The first-order chi connectivity index (χ1) is 13.3. The molecule has 158 valence electrons. The molecule has 0 bridgehead atoms. The van der Waals surface area contributed by atoms with Crippen LogP contribution >= 0.6 is 0 Å². The van der Waals surface area contributed by atoms with Crippen LogP contribution in [0.3, 0.4) is 0 Å². The Hall–Kier alpha value is -0.860. The van der Waals surface area contributed by atoms with Crippen molar-refractivity contribution in [2.75, 3.05) is 0 Å². The maximum Gasteiger partial charge on any atom is 0.302 e. The lowest BCUT2D eigenvalue weighted by molar-refractivity contribution is -0.160. The van der Waals surface area contributed by atoms with Gasteiger partial charge in [-0.05, 0) is 104 Å². The Balaban J connectivity index is 1.51. The Morgan fingerprint density at radius 1 is 1.04 bits per heavy atom. The van der Waals surface area contributed by atoms with Crippen LogP contribution in [0.15, 0.2) is 0 Å². The number of rotatable bonds is 4. The van der Waals surface area contributed by atoms with E-state index in [0.29, 0.717) is 16.7 Å². The fraction of sp³-hybridized carbons (Fsp3) is 0.920. The second-order valence-electron chi connectivity index (χ2n) is 11.3. The quantitative estimate of drug-likeness (QED) is 0.451. The molecule has 0 radical (unpaired) electrons. The molecule has 3 heteroatoms. The largest absolute Gasteiger partial charge is 0.463 e. The molecule has 1 unspecified atom stereocenters. The molecule has 4 rings (SSSR count). The zero-order valence-corrected chi connectivity index (χ0v) is 18.4. The molecule has 0 aliphatic heterocycles. The predicted molar refractivity (Wildman–Crippen MR) is 111 cm³/mol. The molecule has 0 spiro atoms. The maximum atomic E-state index is 11.4. The van der Waals surface area contributed by atoms with Gasteiger partial charge in [0.2, 0.25) is 0 Å². The molecule has 9 atom stereocenters. The average molecular weight is 389 g/mol. The molecule has 0 amide bonds. The lowest BCUT2D eigenvalue weighted by Crippen LogP contribution is -2.54. The van der Waals surface area contributed by atoms with Gasteiger partial charge >= 0.3 is 5.97 Å². The summed E-state index contributed by atoms with van der Waals surface area (Å²) in [6.45, 7) is 9.00. The first-order valence-electron chi connectivity index (χ1n) is 11.9. The summed E-state index contributed by atoms with van der Waals surface area (Å²) in [5.41, 5.74) is 0.884. The number of esters is 1. The number of ether oxygens (including phenoxy) is 1. The van der Waals surface area contributed by atoms with Crippen molar-refractivity contribution in [3.05, 3.63) is 0 Å². The van der Waals surface area contributed by atoms with Crippen molar-refractivity contribution in [1.29, 1.82) is 0 Å². The van der Waals surface area contributed by atoms with Crippen molar-refractivity contribution < 1.29 is 14.3 Å². The van der Waals surface area contributed by atoms with E-state index in [1.165, 1.54) is 44.9 Å². The van der Waals surface area contributed by atoms with E-state index in [9.17, 15) is 9.59 Å². The van der Waals surface area contributed by atoms with Gasteiger partial charge in [-0.15, -0.1) is 0 Å². The third kappa shape index (κ3) is 3.16. The summed E-state index contributed by atoms with van der Waals surface area (Å²) < 4.78 is 5.60.